The predicted molar refractivity (Wildman–Crippen MR) is 81.5 cm³/mol. The molecule has 1 aromatic carbocycles. The minimum Gasteiger partial charge on any atom is -0.398 e. The number of pyridine rings is 1. The molecule has 1 aromatic heterocycles. The third-order valence-electron chi connectivity index (χ3n) is 2.59. The molecule has 1 heterocycles. The van der Waals surface area contributed by atoms with Crippen LogP contribution in [0.1, 0.15) is 23.8 Å². The molecule has 1 amide bonds. The van der Waals surface area contributed by atoms with Crippen molar-refractivity contribution < 1.29 is 4.79 Å². The Morgan fingerprint density at radius 2 is 2.28 bits per heavy atom. The number of fused-ring (bicyclic) bond motifs is 1. The van der Waals surface area contributed by atoms with E-state index in [9.17, 15) is 4.79 Å². The fourth-order valence-electron chi connectivity index (χ4n) is 1.69. The number of nitrogens with two attached hydrogens (primary N) is 1. The van der Waals surface area contributed by atoms with Crippen molar-refractivity contribution in [1.29, 1.82) is 0 Å². The van der Waals surface area contributed by atoms with Gasteiger partial charge in [0.25, 0.3) is 5.91 Å². The molecule has 0 bridgehead atoms. The number of aromatic nitrogens is 1. The van der Waals surface area contributed by atoms with Crippen LogP contribution in [-0.2, 0) is 0 Å². The van der Waals surface area contributed by atoms with E-state index in [0.29, 0.717) is 17.9 Å². The molecule has 0 radical (unpaired) electrons. The molecule has 0 aliphatic rings. The molecule has 0 aliphatic carbocycles. The molecule has 0 aliphatic heterocycles. The molecule has 0 atom stereocenters. The van der Waals surface area contributed by atoms with E-state index in [1.807, 2.05) is 25.1 Å². The molecule has 0 saturated heterocycles. The number of rotatable bonds is 3. The molecule has 2 aromatic rings. The summed E-state index contributed by atoms with van der Waals surface area (Å²) in [5, 5.41) is 3.68. The molecule has 18 heavy (non-hydrogen) atoms. The Bertz CT molecular complexity index is 598. The average molecular weight is 355 g/mol. The van der Waals surface area contributed by atoms with Gasteiger partial charge in [-0.25, -0.2) is 4.98 Å². The lowest BCUT2D eigenvalue weighted by Crippen LogP contribution is -2.25. The molecule has 3 N–H and O–H groups in total. The Morgan fingerprint density at radius 1 is 1.50 bits per heavy atom. The first-order valence-electron chi connectivity index (χ1n) is 5.76. The van der Waals surface area contributed by atoms with Gasteiger partial charge >= 0.3 is 0 Å². The van der Waals surface area contributed by atoms with Crippen molar-refractivity contribution in [3.8, 4) is 0 Å². The number of halogens is 1. The summed E-state index contributed by atoms with van der Waals surface area (Å²) in [7, 11) is 0. The van der Waals surface area contributed by atoms with Gasteiger partial charge in [0.15, 0.2) is 0 Å². The maximum absolute atomic E-state index is 11.9. The van der Waals surface area contributed by atoms with Crippen molar-refractivity contribution in [2.75, 3.05) is 12.3 Å². The van der Waals surface area contributed by atoms with E-state index in [-0.39, 0.29) is 5.91 Å². The van der Waals surface area contributed by atoms with Crippen LogP contribution in [0.4, 0.5) is 5.69 Å². The van der Waals surface area contributed by atoms with Crippen LogP contribution in [0.25, 0.3) is 10.9 Å². The Balaban J connectivity index is 2.48. The summed E-state index contributed by atoms with van der Waals surface area (Å²) < 4.78 is 0.988. The SMILES string of the molecule is CCCNC(=O)c1cc(N)c2cccc(I)c2n1. The Hall–Kier alpha value is -1.37. The van der Waals surface area contributed by atoms with Gasteiger partial charge in [0.05, 0.1) is 5.52 Å². The second-order valence-corrected chi connectivity index (χ2v) is 5.15. The highest BCUT2D eigenvalue weighted by molar-refractivity contribution is 14.1. The van der Waals surface area contributed by atoms with E-state index in [0.717, 1.165) is 20.9 Å². The van der Waals surface area contributed by atoms with Crippen molar-refractivity contribution >= 4 is 45.1 Å². The van der Waals surface area contributed by atoms with Gasteiger partial charge in [-0.05, 0) is 41.1 Å². The summed E-state index contributed by atoms with van der Waals surface area (Å²) in [6.07, 6.45) is 0.895. The topological polar surface area (TPSA) is 68.0 Å². The number of carbonyl (C=O) groups excluding carboxylic acids is 1. The van der Waals surface area contributed by atoms with Crippen LogP contribution in [0, 0.1) is 3.57 Å². The van der Waals surface area contributed by atoms with Crippen LogP contribution >= 0.6 is 22.6 Å². The number of hydrogen-bond donors (Lipinski definition) is 2. The zero-order valence-corrected chi connectivity index (χ0v) is 12.2. The Kier molecular flexibility index (Phi) is 4.00. The highest BCUT2D eigenvalue weighted by Gasteiger charge is 2.11. The number of nitrogens with one attached hydrogen (secondary N) is 1. The Labute approximate surface area is 119 Å². The summed E-state index contributed by atoms with van der Waals surface area (Å²) in [6, 6.07) is 7.42. The number of nitrogens with zero attached hydrogens (tertiary/aromatic N) is 1. The average Bonchev–Trinajstić information content (AvgIpc) is 2.37. The van der Waals surface area contributed by atoms with Gasteiger partial charge in [-0.2, -0.15) is 0 Å². The highest BCUT2D eigenvalue weighted by Crippen LogP contribution is 2.24. The minimum atomic E-state index is -0.176. The van der Waals surface area contributed by atoms with Crippen LogP contribution < -0.4 is 11.1 Å². The van der Waals surface area contributed by atoms with Crippen molar-refractivity contribution in [3.05, 3.63) is 33.5 Å². The summed E-state index contributed by atoms with van der Waals surface area (Å²) in [5.41, 5.74) is 7.70. The van der Waals surface area contributed by atoms with Crippen molar-refractivity contribution in [1.82, 2.24) is 10.3 Å². The first kappa shape index (κ1) is 13.1. The van der Waals surface area contributed by atoms with Gasteiger partial charge in [-0.3, -0.25) is 4.79 Å². The number of anilines is 1. The molecular formula is C13H14IN3O. The van der Waals surface area contributed by atoms with E-state index in [4.69, 9.17) is 5.73 Å². The lowest BCUT2D eigenvalue weighted by atomic mass is 10.1. The van der Waals surface area contributed by atoms with Crippen LogP contribution in [0.15, 0.2) is 24.3 Å². The fourth-order valence-corrected chi connectivity index (χ4v) is 2.30. The summed E-state index contributed by atoms with van der Waals surface area (Å²) in [6.45, 7) is 2.65. The molecule has 0 fully saturated rings. The molecule has 0 unspecified atom stereocenters. The summed E-state index contributed by atoms with van der Waals surface area (Å²) >= 11 is 2.19. The monoisotopic (exact) mass is 355 g/mol. The van der Waals surface area contributed by atoms with E-state index < -0.39 is 0 Å². The van der Waals surface area contributed by atoms with E-state index in [1.165, 1.54) is 0 Å². The zero-order chi connectivity index (χ0) is 13.1. The first-order chi connectivity index (χ1) is 8.63. The lowest BCUT2D eigenvalue weighted by molar-refractivity contribution is 0.0949. The molecule has 2 rings (SSSR count). The maximum atomic E-state index is 11.9. The van der Waals surface area contributed by atoms with E-state index >= 15 is 0 Å². The number of nitrogen functional groups attached to an aromatic ring is 1. The van der Waals surface area contributed by atoms with E-state index in [1.54, 1.807) is 6.07 Å². The largest absolute Gasteiger partial charge is 0.398 e. The number of amides is 1. The van der Waals surface area contributed by atoms with E-state index in [2.05, 4.69) is 32.9 Å². The number of benzene rings is 1. The van der Waals surface area contributed by atoms with Crippen LogP contribution in [0.5, 0.6) is 0 Å². The van der Waals surface area contributed by atoms with Crippen LogP contribution in [0.3, 0.4) is 0 Å². The normalized spacial score (nSPS) is 10.6. The standard InChI is InChI=1S/C13H14IN3O/c1-2-6-16-13(18)11-7-10(15)8-4-3-5-9(14)12(8)17-11/h3-5,7H,2,6H2,1H3,(H2,15,17)(H,16,18). The maximum Gasteiger partial charge on any atom is 0.269 e. The smallest absolute Gasteiger partial charge is 0.269 e. The van der Waals surface area contributed by atoms with Crippen molar-refractivity contribution in [3.63, 3.8) is 0 Å². The molecule has 4 nitrogen and oxygen atoms in total. The molecule has 94 valence electrons. The highest BCUT2D eigenvalue weighted by atomic mass is 127. The lowest BCUT2D eigenvalue weighted by Gasteiger charge is -2.07. The Morgan fingerprint density at radius 3 is 3.00 bits per heavy atom. The molecule has 0 saturated carbocycles. The second kappa shape index (κ2) is 5.51. The summed E-state index contributed by atoms with van der Waals surface area (Å²) in [4.78, 5) is 16.3. The molecule has 0 spiro atoms. The van der Waals surface area contributed by atoms with Gasteiger partial charge in [-0.1, -0.05) is 19.1 Å². The first-order valence-corrected chi connectivity index (χ1v) is 6.84. The third kappa shape index (κ3) is 2.55. The van der Waals surface area contributed by atoms with Crippen LogP contribution in [0.2, 0.25) is 0 Å². The van der Waals surface area contributed by atoms with Gasteiger partial charge in [-0.15, -0.1) is 0 Å². The second-order valence-electron chi connectivity index (χ2n) is 3.99. The number of hydrogen-bond acceptors (Lipinski definition) is 3. The predicted octanol–water partition coefficient (Wildman–Crippen LogP) is 2.56. The third-order valence-corrected chi connectivity index (χ3v) is 3.46. The summed E-state index contributed by atoms with van der Waals surface area (Å²) in [5.74, 6) is -0.176. The zero-order valence-electron chi connectivity index (χ0n) is 10.0. The van der Waals surface area contributed by atoms with Crippen LogP contribution in [-0.4, -0.2) is 17.4 Å². The minimum absolute atomic E-state index is 0.176. The number of para-hydroxylation sites is 1. The molecular weight excluding hydrogens is 341 g/mol. The number of carbonyl (C=O) groups is 1. The van der Waals surface area contributed by atoms with Gasteiger partial charge < -0.3 is 11.1 Å². The molecule has 5 heteroatoms. The van der Waals surface area contributed by atoms with Gasteiger partial charge in [0, 0.05) is 21.2 Å². The van der Waals surface area contributed by atoms with Gasteiger partial charge in [0.1, 0.15) is 5.69 Å². The quantitative estimate of drug-likeness (QED) is 0.832. The van der Waals surface area contributed by atoms with Gasteiger partial charge in [0.2, 0.25) is 0 Å². The van der Waals surface area contributed by atoms with Crippen molar-refractivity contribution in [2.45, 2.75) is 13.3 Å². The van der Waals surface area contributed by atoms with Crippen molar-refractivity contribution in [2.24, 2.45) is 0 Å². The fraction of sp³-hybridized carbons (Fsp3) is 0.231.